The first kappa shape index (κ1) is 17.5. The summed E-state index contributed by atoms with van der Waals surface area (Å²) in [5.74, 6) is -0.0201. The Bertz CT molecular complexity index is 910. The molecule has 0 aromatic heterocycles. The SMILES string of the molecule is Cc1ccc(C=CC(=O)c2c(O)cccc2OCc2ccccc2)cc1. The lowest BCUT2D eigenvalue weighted by molar-refractivity contribution is 0.104. The minimum Gasteiger partial charge on any atom is -0.507 e. The quantitative estimate of drug-likeness (QED) is 0.495. The number of benzene rings is 3. The van der Waals surface area contributed by atoms with E-state index in [4.69, 9.17) is 4.74 Å². The molecule has 3 aromatic carbocycles. The molecule has 0 heterocycles. The summed E-state index contributed by atoms with van der Waals surface area (Å²) in [5.41, 5.74) is 3.24. The number of aromatic hydroxyl groups is 1. The van der Waals surface area contributed by atoms with Gasteiger partial charge in [0.1, 0.15) is 23.7 Å². The number of carbonyl (C=O) groups excluding carboxylic acids is 1. The van der Waals surface area contributed by atoms with Crippen LogP contribution in [0, 0.1) is 6.92 Å². The van der Waals surface area contributed by atoms with Gasteiger partial charge in [-0.3, -0.25) is 4.79 Å². The molecular formula is C23H20O3. The van der Waals surface area contributed by atoms with Gasteiger partial charge >= 0.3 is 0 Å². The van der Waals surface area contributed by atoms with Crippen molar-refractivity contribution in [3.05, 3.63) is 101 Å². The molecule has 0 saturated heterocycles. The van der Waals surface area contributed by atoms with E-state index >= 15 is 0 Å². The van der Waals surface area contributed by atoms with E-state index in [9.17, 15) is 9.90 Å². The summed E-state index contributed by atoms with van der Waals surface area (Å²) in [6.07, 6.45) is 3.18. The van der Waals surface area contributed by atoms with Gasteiger partial charge in [0.25, 0.3) is 0 Å². The van der Waals surface area contributed by atoms with Crippen molar-refractivity contribution in [2.45, 2.75) is 13.5 Å². The molecule has 3 rings (SSSR count). The summed E-state index contributed by atoms with van der Waals surface area (Å²) in [7, 11) is 0. The fourth-order valence-electron chi connectivity index (χ4n) is 2.56. The molecular weight excluding hydrogens is 324 g/mol. The second kappa shape index (κ2) is 8.17. The van der Waals surface area contributed by atoms with E-state index in [1.165, 1.54) is 12.1 Å². The van der Waals surface area contributed by atoms with Crippen LogP contribution in [-0.4, -0.2) is 10.9 Å². The van der Waals surface area contributed by atoms with Gasteiger partial charge in [-0.25, -0.2) is 0 Å². The highest BCUT2D eigenvalue weighted by molar-refractivity contribution is 6.10. The monoisotopic (exact) mass is 344 g/mol. The van der Waals surface area contributed by atoms with Gasteiger partial charge in [-0.15, -0.1) is 0 Å². The minimum absolute atomic E-state index is 0.0888. The highest BCUT2D eigenvalue weighted by Gasteiger charge is 2.15. The topological polar surface area (TPSA) is 46.5 Å². The molecule has 1 N–H and O–H groups in total. The number of rotatable bonds is 6. The number of allylic oxidation sites excluding steroid dienone is 1. The number of phenolic OH excluding ortho intramolecular Hbond substituents is 1. The van der Waals surface area contributed by atoms with Crippen molar-refractivity contribution in [1.29, 1.82) is 0 Å². The Balaban J connectivity index is 1.79. The van der Waals surface area contributed by atoms with Crippen LogP contribution >= 0.6 is 0 Å². The van der Waals surface area contributed by atoms with E-state index in [1.807, 2.05) is 61.5 Å². The van der Waals surface area contributed by atoms with Crippen molar-refractivity contribution < 1.29 is 14.6 Å². The number of phenols is 1. The molecule has 0 spiro atoms. The fourth-order valence-corrected chi connectivity index (χ4v) is 2.56. The van der Waals surface area contributed by atoms with Gasteiger partial charge < -0.3 is 9.84 Å². The van der Waals surface area contributed by atoms with Gasteiger partial charge in [0.05, 0.1) is 0 Å². The van der Waals surface area contributed by atoms with Crippen LogP contribution in [0.4, 0.5) is 0 Å². The van der Waals surface area contributed by atoms with E-state index < -0.39 is 0 Å². The Kier molecular flexibility index (Phi) is 5.49. The molecule has 3 nitrogen and oxygen atoms in total. The van der Waals surface area contributed by atoms with Crippen molar-refractivity contribution in [1.82, 2.24) is 0 Å². The Morgan fingerprint density at radius 1 is 0.962 bits per heavy atom. The predicted octanol–water partition coefficient (Wildman–Crippen LogP) is 5.18. The van der Waals surface area contributed by atoms with Gasteiger partial charge in [-0.1, -0.05) is 72.3 Å². The Hall–Kier alpha value is -3.33. The van der Waals surface area contributed by atoms with Gasteiger partial charge in [0.2, 0.25) is 0 Å². The molecule has 0 aliphatic rings. The number of hydrogen-bond acceptors (Lipinski definition) is 3. The van der Waals surface area contributed by atoms with Crippen molar-refractivity contribution in [2.24, 2.45) is 0 Å². The fraction of sp³-hybridized carbons (Fsp3) is 0.0870. The van der Waals surface area contributed by atoms with Gasteiger partial charge in [0.15, 0.2) is 5.78 Å². The number of aryl methyl sites for hydroxylation is 1. The summed E-state index contributed by atoms with van der Waals surface area (Å²) < 4.78 is 5.78. The summed E-state index contributed by atoms with van der Waals surface area (Å²) in [4.78, 5) is 12.6. The normalized spacial score (nSPS) is 10.8. The van der Waals surface area contributed by atoms with Crippen molar-refractivity contribution >= 4 is 11.9 Å². The number of ether oxygens (including phenoxy) is 1. The second-order valence-corrected chi connectivity index (χ2v) is 6.03. The predicted molar refractivity (Wildman–Crippen MR) is 103 cm³/mol. The first-order valence-corrected chi connectivity index (χ1v) is 8.41. The maximum atomic E-state index is 12.6. The molecule has 0 unspecified atom stereocenters. The molecule has 0 saturated carbocycles. The molecule has 130 valence electrons. The molecule has 3 heteroatoms. The zero-order valence-corrected chi connectivity index (χ0v) is 14.6. The maximum absolute atomic E-state index is 12.6. The first-order valence-electron chi connectivity index (χ1n) is 8.41. The van der Waals surface area contributed by atoms with Crippen LogP contribution in [0.15, 0.2) is 78.9 Å². The van der Waals surface area contributed by atoms with Crippen LogP contribution in [0.5, 0.6) is 11.5 Å². The third-order valence-electron chi connectivity index (χ3n) is 3.99. The lowest BCUT2D eigenvalue weighted by atomic mass is 10.1. The van der Waals surface area contributed by atoms with Gasteiger partial charge in [0, 0.05) is 0 Å². The molecule has 0 amide bonds. The third kappa shape index (κ3) is 4.39. The average Bonchev–Trinajstić information content (AvgIpc) is 2.66. The van der Waals surface area contributed by atoms with E-state index in [0.717, 1.165) is 16.7 Å². The van der Waals surface area contributed by atoms with Crippen molar-refractivity contribution in [3.8, 4) is 11.5 Å². The first-order chi connectivity index (χ1) is 12.6. The van der Waals surface area contributed by atoms with E-state index in [2.05, 4.69) is 0 Å². The molecule has 0 bridgehead atoms. The van der Waals surface area contributed by atoms with Crippen LogP contribution in [-0.2, 0) is 6.61 Å². The minimum atomic E-state index is -0.299. The molecule has 26 heavy (non-hydrogen) atoms. The van der Waals surface area contributed by atoms with Crippen molar-refractivity contribution in [3.63, 3.8) is 0 Å². The zero-order chi connectivity index (χ0) is 18.4. The third-order valence-corrected chi connectivity index (χ3v) is 3.99. The van der Waals surface area contributed by atoms with Crippen LogP contribution in [0.1, 0.15) is 27.0 Å². The molecule has 3 aromatic rings. The summed E-state index contributed by atoms with van der Waals surface area (Å²) >= 11 is 0. The summed E-state index contributed by atoms with van der Waals surface area (Å²) in [5, 5.41) is 10.2. The highest BCUT2D eigenvalue weighted by Crippen LogP contribution is 2.29. The van der Waals surface area contributed by atoms with E-state index in [1.54, 1.807) is 18.2 Å². The van der Waals surface area contributed by atoms with Crippen molar-refractivity contribution in [2.75, 3.05) is 0 Å². The molecule has 0 radical (unpaired) electrons. The van der Waals surface area contributed by atoms with E-state index in [0.29, 0.717) is 12.4 Å². The molecule has 0 aliphatic carbocycles. The van der Waals surface area contributed by atoms with Gasteiger partial charge in [-0.05, 0) is 36.3 Å². The summed E-state index contributed by atoms with van der Waals surface area (Å²) in [6.45, 7) is 2.34. The van der Waals surface area contributed by atoms with Crippen LogP contribution < -0.4 is 4.74 Å². The Morgan fingerprint density at radius 2 is 1.69 bits per heavy atom. The molecule has 0 fully saturated rings. The average molecular weight is 344 g/mol. The maximum Gasteiger partial charge on any atom is 0.193 e. The number of carbonyl (C=O) groups is 1. The lowest BCUT2D eigenvalue weighted by Crippen LogP contribution is -2.03. The number of ketones is 1. The smallest absolute Gasteiger partial charge is 0.193 e. The largest absolute Gasteiger partial charge is 0.507 e. The standard InChI is InChI=1S/C23H20O3/c1-17-10-12-18(13-11-17)14-15-21(25)23-20(24)8-5-9-22(23)26-16-19-6-3-2-4-7-19/h2-15,24H,16H2,1H3. The Morgan fingerprint density at radius 3 is 2.42 bits per heavy atom. The molecule has 0 atom stereocenters. The zero-order valence-electron chi connectivity index (χ0n) is 14.6. The van der Waals surface area contributed by atoms with Crippen LogP contribution in [0.25, 0.3) is 6.08 Å². The van der Waals surface area contributed by atoms with Crippen LogP contribution in [0.2, 0.25) is 0 Å². The van der Waals surface area contributed by atoms with E-state index in [-0.39, 0.29) is 17.1 Å². The Labute approximate surface area is 153 Å². The lowest BCUT2D eigenvalue weighted by Gasteiger charge is -2.11. The highest BCUT2D eigenvalue weighted by atomic mass is 16.5. The summed E-state index contributed by atoms with van der Waals surface area (Å²) in [6, 6.07) is 22.4. The van der Waals surface area contributed by atoms with Gasteiger partial charge in [-0.2, -0.15) is 0 Å². The molecule has 0 aliphatic heterocycles. The van der Waals surface area contributed by atoms with Crippen LogP contribution in [0.3, 0.4) is 0 Å². The second-order valence-electron chi connectivity index (χ2n) is 6.03. The number of hydrogen-bond donors (Lipinski definition) is 1.